The van der Waals surface area contributed by atoms with Crippen LogP contribution in [0.2, 0.25) is 0 Å². The Labute approximate surface area is 121 Å². The van der Waals surface area contributed by atoms with Gasteiger partial charge in [0.2, 0.25) is 0 Å². The highest BCUT2D eigenvalue weighted by Crippen LogP contribution is 2.25. The maximum absolute atomic E-state index is 5.53. The minimum Gasteiger partial charge on any atom is -0.388 e. The predicted molar refractivity (Wildman–Crippen MR) is 85.2 cm³/mol. The molecular weight excluding hydrogens is 268 g/mol. The molecule has 0 fully saturated rings. The standard InChI is InChI=1S/C15H12N4S/c16-15(20)14-5-4-11(9-18-14)19-13-3-1-2-10-8-17-7-6-12(10)13/h1-9,19H,(H2,16,20). The maximum atomic E-state index is 5.53. The van der Waals surface area contributed by atoms with Crippen LogP contribution in [0.1, 0.15) is 5.69 Å². The summed E-state index contributed by atoms with van der Waals surface area (Å²) in [7, 11) is 0. The Morgan fingerprint density at radius 1 is 1.10 bits per heavy atom. The van der Waals surface area contributed by atoms with Crippen molar-refractivity contribution in [1.29, 1.82) is 0 Å². The molecule has 0 aliphatic carbocycles. The van der Waals surface area contributed by atoms with E-state index >= 15 is 0 Å². The minimum atomic E-state index is 0.299. The van der Waals surface area contributed by atoms with Crippen molar-refractivity contribution in [1.82, 2.24) is 9.97 Å². The number of rotatable bonds is 3. The summed E-state index contributed by atoms with van der Waals surface area (Å²) in [6.07, 6.45) is 5.34. The first-order valence-electron chi connectivity index (χ1n) is 6.10. The van der Waals surface area contributed by atoms with Gasteiger partial charge in [-0.15, -0.1) is 0 Å². The largest absolute Gasteiger partial charge is 0.388 e. The van der Waals surface area contributed by atoms with Gasteiger partial charge < -0.3 is 11.1 Å². The van der Waals surface area contributed by atoms with Gasteiger partial charge in [0.25, 0.3) is 0 Å². The lowest BCUT2D eigenvalue weighted by Crippen LogP contribution is -2.11. The van der Waals surface area contributed by atoms with Crippen molar-refractivity contribution in [3.8, 4) is 0 Å². The number of nitrogens with two attached hydrogens (primary N) is 1. The van der Waals surface area contributed by atoms with Crippen molar-refractivity contribution in [3.05, 3.63) is 60.7 Å². The molecule has 3 N–H and O–H groups in total. The van der Waals surface area contributed by atoms with E-state index in [4.69, 9.17) is 18.0 Å². The number of hydrogen-bond donors (Lipinski definition) is 2. The van der Waals surface area contributed by atoms with Gasteiger partial charge >= 0.3 is 0 Å². The van der Waals surface area contributed by atoms with Gasteiger partial charge in [0.15, 0.2) is 0 Å². The van der Waals surface area contributed by atoms with Gasteiger partial charge in [0.05, 0.1) is 17.6 Å². The van der Waals surface area contributed by atoms with Gasteiger partial charge in [-0.25, -0.2) is 0 Å². The van der Waals surface area contributed by atoms with E-state index in [1.165, 1.54) is 0 Å². The number of nitrogens with zero attached hydrogens (tertiary/aromatic N) is 2. The lowest BCUT2D eigenvalue weighted by Gasteiger charge is -2.09. The van der Waals surface area contributed by atoms with Crippen LogP contribution in [0.15, 0.2) is 55.0 Å². The van der Waals surface area contributed by atoms with Crippen molar-refractivity contribution in [2.24, 2.45) is 5.73 Å². The van der Waals surface area contributed by atoms with E-state index in [2.05, 4.69) is 15.3 Å². The third-order valence-corrected chi connectivity index (χ3v) is 3.18. The van der Waals surface area contributed by atoms with Crippen molar-refractivity contribution in [2.75, 3.05) is 5.32 Å². The van der Waals surface area contributed by atoms with Crippen LogP contribution in [0.4, 0.5) is 11.4 Å². The van der Waals surface area contributed by atoms with Gasteiger partial charge in [-0.3, -0.25) is 9.97 Å². The van der Waals surface area contributed by atoms with Crippen LogP contribution in [0, 0.1) is 0 Å². The quantitative estimate of drug-likeness (QED) is 0.722. The Balaban J connectivity index is 1.95. The summed E-state index contributed by atoms with van der Waals surface area (Å²) < 4.78 is 0. The van der Waals surface area contributed by atoms with Crippen LogP contribution in [0.5, 0.6) is 0 Å². The normalized spacial score (nSPS) is 10.4. The fraction of sp³-hybridized carbons (Fsp3) is 0. The second kappa shape index (κ2) is 5.22. The maximum Gasteiger partial charge on any atom is 0.122 e. The Bertz CT molecular complexity index is 763. The second-order valence-electron chi connectivity index (χ2n) is 4.32. The first kappa shape index (κ1) is 12.5. The zero-order chi connectivity index (χ0) is 13.9. The first-order chi connectivity index (χ1) is 9.74. The van der Waals surface area contributed by atoms with E-state index < -0.39 is 0 Å². The average Bonchev–Trinajstić information content (AvgIpc) is 2.48. The molecule has 4 nitrogen and oxygen atoms in total. The number of thiocarbonyl (C=S) groups is 1. The van der Waals surface area contributed by atoms with Crippen LogP contribution in [-0.2, 0) is 0 Å². The third-order valence-electron chi connectivity index (χ3n) is 2.98. The van der Waals surface area contributed by atoms with E-state index in [1.807, 2.05) is 36.5 Å². The number of hydrogen-bond acceptors (Lipinski definition) is 4. The summed E-state index contributed by atoms with van der Waals surface area (Å²) in [5, 5.41) is 5.54. The number of benzene rings is 1. The SMILES string of the molecule is NC(=S)c1ccc(Nc2cccc3cnccc23)cn1. The van der Waals surface area contributed by atoms with Gasteiger partial charge in [-0.2, -0.15) is 0 Å². The first-order valence-corrected chi connectivity index (χ1v) is 6.50. The molecular formula is C15H12N4S. The molecule has 1 aromatic carbocycles. The summed E-state index contributed by atoms with van der Waals surface area (Å²) in [6.45, 7) is 0. The lowest BCUT2D eigenvalue weighted by atomic mass is 10.1. The Hall–Kier alpha value is -2.53. The molecule has 0 atom stereocenters. The van der Waals surface area contributed by atoms with Gasteiger partial charge in [-0.1, -0.05) is 24.4 Å². The summed E-state index contributed by atoms with van der Waals surface area (Å²) in [6, 6.07) is 11.7. The van der Waals surface area contributed by atoms with E-state index in [0.717, 1.165) is 22.1 Å². The van der Waals surface area contributed by atoms with Crippen LogP contribution in [-0.4, -0.2) is 15.0 Å². The molecule has 3 rings (SSSR count). The molecule has 0 saturated heterocycles. The number of pyridine rings is 2. The number of aromatic nitrogens is 2. The van der Waals surface area contributed by atoms with Crippen LogP contribution in [0.3, 0.4) is 0 Å². The van der Waals surface area contributed by atoms with Crippen molar-refractivity contribution in [2.45, 2.75) is 0 Å². The molecule has 0 aliphatic heterocycles. The molecule has 5 heteroatoms. The molecule has 3 aromatic rings. The topological polar surface area (TPSA) is 63.8 Å². The van der Waals surface area contributed by atoms with Crippen molar-refractivity contribution < 1.29 is 0 Å². The summed E-state index contributed by atoms with van der Waals surface area (Å²) in [5.74, 6) is 0. The van der Waals surface area contributed by atoms with Crippen LogP contribution < -0.4 is 11.1 Å². The molecule has 0 saturated carbocycles. The monoisotopic (exact) mass is 280 g/mol. The average molecular weight is 280 g/mol. The molecule has 20 heavy (non-hydrogen) atoms. The molecule has 0 spiro atoms. The highest BCUT2D eigenvalue weighted by molar-refractivity contribution is 7.80. The van der Waals surface area contributed by atoms with Crippen molar-refractivity contribution >= 4 is 39.4 Å². The molecule has 0 aliphatic rings. The van der Waals surface area contributed by atoms with Gasteiger partial charge in [0, 0.05) is 28.9 Å². The Morgan fingerprint density at radius 3 is 2.75 bits per heavy atom. The molecule has 2 heterocycles. The zero-order valence-corrected chi connectivity index (χ0v) is 11.4. The summed E-state index contributed by atoms with van der Waals surface area (Å²) in [5.41, 5.74) is 8.04. The molecule has 0 bridgehead atoms. The van der Waals surface area contributed by atoms with E-state index in [-0.39, 0.29) is 0 Å². The molecule has 0 radical (unpaired) electrons. The smallest absolute Gasteiger partial charge is 0.122 e. The van der Waals surface area contributed by atoms with Gasteiger partial charge in [0.1, 0.15) is 4.99 Å². The summed E-state index contributed by atoms with van der Waals surface area (Å²) >= 11 is 4.89. The number of fused-ring (bicyclic) bond motifs is 1. The van der Waals surface area contributed by atoms with E-state index in [1.54, 1.807) is 18.5 Å². The summed E-state index contributed by atoms with van der Waals surface area (Å²) in [4.78, 5) is 8.64. The Morgan fingerprint density at radius 2 is 2.00 bits per heavy atom. The number of nitrogens with one attached hydrogen (secondary N) is 1. The van der Waals surface area contributed by atoms with Crippen molar-refractivity contribution in [3.63, 3.8) is 0 Å². The highest BCUT2D eigenvalue weighted by atomic mass is 32.1. The lowest BCUT2D eigenvalue weighted by molar-refractivity contribution is 1.29. The molecule has 98 valence electrons. The predicted octanol–water partition coefficient (Wildman–Crippen LogP) is 3.01. The second-order valence-corrected chi connectivity index (χ2v) is 4.76. The molecule has 2 aromatic heterocycles. The molecule has 0 amide bonds. The van der Waals surface area contributed by atoms with Crippen LogP contribution >= 0.6 is 12.2 Å². The number of anilines is 2. The Kier molecular flexibility index (Phi) is 3.26. The van der Waals surface area contributed by atoms with E-state index in [9.17, 15) is 0 Å². The fourth-order valence-electron chi connectivity index (χ4n) is 2.00. The van der Waals surface area contributed by atoms with Gasteiger partial charge in [-0.05, 0) is 24.3 Å². The third kappa shape index (κ3) is 2.44. The molecule has 0 unspecified atom stereocenters. The zero-order valence-electron chi connectivity index (χ0n) is 10.6. The minimum absolute atomic E-state index is 0.299. The van der Waals surface area contributed by atoms with Crippen LogP contribution in [0.25, 0.3) is 10.8 Å². The highest BCUT2D eigenvalue weighted by Gasteiger charge is 2.02. The fourth-order valence-corrected chi connectivity index (χ4v) is 2.12. The van der Waals surface area contributed by atoms with E-state index in [0.29, 0.717) is 10.7 Å².